The minimum Gasteiger partial charge on any atom is -0.368 e. The molecule has 1 spiro atoms. The van der Waals surface area contributed by atoms with Crippen molar-refractivity contribution in [2.75, 3.05) is 19.7 Å². The van der Waals surface area contributed by atoms with Crippen molar-refractivity contribution in [1.29, 1.82) is 0 Å². The molecule has 3 aromatic rings. The number of rotatable bonds is 3. The van der Waals surface area contributed by atoms with Gasteiger partial charge in [0.1, 0.15) is 11.3 Å². The number of carbonyl (C=O) groups is 1. The van der Waals surface area contributed by atoms with Crippen LogP contribution < -0.4 is 0 Å². The van der Waals surface area contributed by atoms with Gasteiger partial charge in [0.2, 0.25) is 0 Å². The highest BCUT2D eigenvalue weighted by molar-refractivity contribution is 5.92. The number of nitrogens with zero attached hydrogens (tertiary/aromatic N) is 5. The number of piperidine rings is 1. The molecule has 0 bridgehead atoms. The highest BCUT2D eigenvalue weighted by Gasteiger charge is 2.43. The highest BCUT2D eigenvalue weighted by atomic mass is 16.5. The number of likely N-dealkylation sites (tertiary alicyclic amines) is 1. The fourth-order valence-corrected chi connectivity index (χ4v) is 4.40. The molecule has 0 atom stereocenters. The molecule has 0 saturated carbocycles. The Hall–Kier alpha value is -3.06. The monoisotopic (exact) mass is 403 g/mol. The molecule has 7 heteroatoms. The summed E-state index contributed by atoms with van der Waals surface area (Å²) in [4.78, 5) is 24.3. The maximum Gasteiger partial charge on any atom is 0.274 e. The topological polar surface area (TPSA) is 73.1 Å². The summed E-state index contributed by atoms with van der Waals surface area (Å²) in [6.45, 7) is 4.68. The SMILES string of the molecule is CCn1ccc(C(=O)N2CCC3(CC2)OCCc2cnc(-c4ccccc4)nc23)n1. The van der Waals surface area contributed by atoms with Gasteiger partial charge in [-0.1, -0.05) is 30.3 Å². The van der Waals surface area contributed by atoms with Crippen molar-refractivity contribution in [1.82, 2.24) is 24.6 Å². The lowest BCUT2D eigenvalue weighted by Gasteiger charge is -2.44. The molecule has 0 radical (unpaired) electrons. The zero-order chi connectivity index (χ0) is 20.6. The van der Waals surface area contributed by atoms with E-state index < -0.39 is 5.60 Å². The first-order valence-corrected chi connectivity index (χ1v) is 10.6. The maximum atomic E-state index is 12.9. The van der Waals surface area contributed by atoms with Gasteiger partial charge < -0.3 is 9.64 Å². The summed E-state index contributed by atoms with van der Waals surface area (Å²) in [7, 11) is 0. The molecule has 0 aliphatic carbocycles. The number of fused-ring (bicyclic) bond motifs is 2. The molecule has 1 aromatic carbocycles. The lowest BCUT2D eigenvalue weighted by atomic mass is 9.83. The summed E-state index contributed by atoms with van der Waals surface area (Å²) < 4.78 is 8.11. The summed E-state index contributed by atoms with van der Waals surface area (Å²) in [6.07, 6.45) is 6.07. The van der Waals surface area contributed by atoms with Gasteiger partial charge in [-0.25, -0.2) is 9.97 Å². The number of benzene rings is 1. The standard InChI is InChI=1S/C23H25N5O2/c1-2-28-12-8-19(26-28)22(29)27-13-10-23(11-14-27)20-18(9-15-30-23)16-24-21(25-20)17-6-4-3-5-7-17/h3-8,12,16H,2,9-11,13-15H2,1H3. The first-order valence-electron chi connectivity index (χ1n) is 10.6. The van der Waals surface area contributed by atoms with Crippen LogP contribution in [0.3, 0.4) is 0 Å². The first-order chi connectivity index (χ1) is 14.7. The maximum absolute atomic E-state index is 12.9. The Labute approximate surface area is 175 Å². The van der Waals surface area contributed by atoms with Gasteiger partial charge in [-0.15, -0.1) is 0 Å². The van der Waals surface area contributed by atoms with Crippen LogP contribution in [-0.2, 0) is 23.3 Å². The molecule has 0 N–H and O–H groups in total. The Morgan fingerprint density at radius 2 is 1.97 bits per heavy atom. The fourth-order valence-electron chi connectivity index (χ4n) is 4.40. The van der Waals surface area contributed by atoms with E-state index in [0.717, 1.165) is 48.5 Å². The molecular weight excluding hydrogens is 378 g/mol. The molecule has 0 unspecified atom stereocenters. The van der Waals surface area contributed by atoms with Crippen LogP contribution >= 0.6 is 0 Å². The molecule has 2 aromatic heterocycles. The zero-order valence-electron chi connectivity index (χ0n) is 17.1. The van der Waals surface area contributed by atoms with Crippen molar-refractivity contribution in [2.45, 2.75) is 38.3 Å². The van der Waals surface area contributed by atoms with Gasteiger partial charge in [0.25, 0.3) is 5.91 Å². The average Bonchev–Trinajstić information content (AvgIpc) is 3.29. The van der Waals surface area contributed by atoms with Crippen LogP contribution in [0.15, 0.2) is 48.8 Å². The molecule has 2 aliphatic heterocycles. The van der Waals surface area contributed by atoms with E-state index in [4.69, 9.17) is 9.72 Å². The summed E-state index contributed by atoms with van der Waals surface area (Å²) in [6, 6.07) is 11.8. The molecule has 154 valence electrons. The third kappa shape index (κ3) is 3.29. The molecule has 4 heterocycles. The van der Waals surface area contributed by atoms with Crippen molar-refractivity contribution in [3.8, 4) is 11.4 Å². The second-order valence-corrected chi connectivity index (χ2v) is 7.88. The van der Waals surface area contributed by atoms with Crippen LogP contribution in [0.4, 0.5) is 0 Å². The fraction of sp³-hybridized carbons (Fsp3) is 0.391. The largest absolute Gasteiger partial charge is 0.368 e. The van der Waals surface area contributed by atoms with E-state index in [2.05, 4.69) is 10.1 Å². The van der Waals surface area contributed by atoms with Gasteiger partial charge in [-0.2, -0.15) is 5.10 Å². The summed E-state index contributed by atoms with van der Waals surface area (Å²) in [5, 5.41) is 4.36. The quantitative estimate of drug-likeness (QED) is 0.672. The smallest absolute Gasteiger partial charge is 0.274 e. The predicted octanol–water partition coefficient (Wildman–Crippen LogP) is 3.06. The minimum atomic E-state index is -0.445. The van der Waals surface area contributed by atoms with Crippen molar-refractivity contribution >= 4 is 5.91 Å². The normalized spacial score (nSPS) is 17.7. The Balaban J connectivity index is 1.39. The Kier molecular flexibility index (Phi) is 4.83. The summed E-state index contributed by atoms with van der Waals surface area (Å²) in [5.74, 6) is 0.712. The van der Waals surface area contributed by atoms with Crippen LogP contribution in [-0.4, -0.2) is 50.3 Å². The summed E-state index contributed by atoms with van der Waals surface area (Å²) >= 11 is 0. The van der Waals surface area contributed by atoms with Gasteiger partial charge in [0, 0.05) is 37.6 Å². The highest BCUT2D eigenvalue weighted by Crippen LogP contribution is 2.41. The van der Waals surface area contributed by atoms with Crippen LogP contribution in [0, 0.1) is 0 Å². The Bertz CT molecular complexity index is 1050. The molecule has 2 aliphatic rings. The molecule has 30 heavy (non-hydrogen) atoms. The zero-order valence-corrected chi connectivity index (χ0v) is 17.1. The lowest BCUT2D eigenvalue weighted by Crippen LogP contribution is -2.49. The van der Waals surface area contributed by atoms with E-state index in [-0.39, 0.29) is 5.91 Å². The van der Waals surface area contributed by atoms with Crippen LogP contribution in [0.25, 0.3) is 11.4 Å². The average molecular weight is 403 g/mol. The third-order valence-corrected chi connectivity index (χ3v) is 6.12. The van der Waals surface area contributed by atoms with Gasteiger partial charge in [-0.05, 0) is 37.8 Å². The number of carbonyl (C=O) groups excluding carboxylic acids is 1. The third-order valence-electron chi connectivity index (χ3n) is 6.12. The van der Waals surface area contributed by atoms with Crippen molar-refractivity contribution in [3.63, 3.8) is 0 Å². The van der Waals surface area contributed by atoms with E-state index in [9.17, 15) is 4.79 Å². The van der Waals surface area contributed by atoms with E-state index in [1.807, 2.05) is 54.5 Å². The number of hydrogen-bond donors (Lipinski definition) is 0. The number of ether oxygens (including phenoxy) is 1. The number of aromatic nitrogens is 4. The lowest BCUT2D eigenvalue weighted by molar-refractivity contribution is -0.0967. The summed E-state index contributed by atoms with van der Waals surface area (Å²) in [5.41, 5.74) is 3.21. The first kappa shape index (κ1) is 18.9. The van der Waals surface area contributed by atoms with E-state index >= 15 is 0 Å². The minimum absolute atomic E-state index is 0.0132. The van der Waals surface area contributed by atoms with Gasteiger partial charge in [0.15, 0.2) is 5.82 Å². The van der Waals surface area contributed by atoms with Gasteiger partial charge in [-0.3, -0.25) is 9.48 Å². The van der Waals surface area contributed by atoms with Gasteiger partial charge in [0.05, 0.1) is 12.3 Å². The van der Waals surface area contributed by atoms with Crippen LogP contribution in [0.5, 0.6) is 0 Å². The molecule has 1 saturated heterocycles. The van der Waals surface area contributed by atoms with Crippen molar-refractivity contribution < 1.29 is 9.53 Å². The second kappa shape index (κ2) is 7.65. The molecule has 5 rings (SSSR count). The van der Waals surface area contributed by atoms with E-state index in [1.165, 1.54) is 0 Å². The Morgan fingerprint density at radius 1 is 1.17 bits per heavy atom. The van der Waals surface area contributed by atoms with Crippen LogP contribution in [0.1, 0.15) is 41.5 Å². The van der Waals surface area contributed by atoms with E-state index in [0.29, 0.717) is 25.4 Å². The van der Waals surface area contributed by atoms with Crippen LogP contribution in [0.2, 0.25) is 0 Å². The number of hydrogen-bond acceptors (Lipinski definition) is 5. The predicted molar refractivity (Wildman–Crippen MR) is 112 cm³/mol. The number of amides is 1. The van der Waals surface area contributed by atoms with Crippen molar-refractivity contribution in [3.05, 3.63) is 65.7 Å². The molecule has 7 nitrogen and oxygen atoms in total. The second-order valence-electron chi connectivity index (χ2n) is 7.88. The molecule has 1 amide bonds. The van der Waals surface area contributed by atoms with E-state index in [1.54, 1.807) is 10.7 Å². The van der Waals surface area contributed by atoms with Crippen molar-refractivity contribution in [2.24, 2.45) is 0 Å². The molecular formula is C23H25N5O2. The molecule has 1 fully saturated rings. The number of aryl methyl sites for hydroxylation is 1. The Morgan fingerprint density at radius 3 is 2.70 bits per heavy atom. The van der Waals surface area contributed by atoms with Gasteiger partial charge >= 0.3 is 0 Å².